The van der Waals surface area contributed by atoms with E-state index >= 15 is 0 Å². The van der Waals surface area contributed by atoms with E-state index < -0.39 is 23.2 Å². The molecule has 2 aliphatic rings. The van der Waals surface area contributed by atoms with Gasteiger partial charge >= 0.3 is 0 Å². The van der Waals surface area contributed by atoms with Crippen LogP contribution in [0.5, 0.6) is 0 Å². The van der Waals surface area contributed by atoms with Gasteiger partial charge in [-0.3, -0.25) is 19.3 Å². The molecule has 9 heteroatoms. The second-order valence-corrected chi connectivity index (χ2v) is 9.21. The molecule has 1 aliphatic carbocycles. The molecular formula is C22H17BrF2N2O3S. The molecule has 0 bridgehead atoms. The molecule has 1 saturated heterocycles. The summed E-state index contributed by atoms with van der Waals surface area (Å²) in [5, 5.41) is 2.24. The maximum atomic E-state index is 13.8. The third kappa shape index (κ3) is 4.43. The number of thioether (sulfide) groups is 1. The topological polar surface area (TPSA) is 66.5 Å². The molecule has 0 spiro atoms. The Hall–Kier alpha value is -2.52. The van der Waals surface area contributed by atoms with Crippen LogP contribution in [-0.4, -0.2) is 23.5 Å². The van der Waals surface area contributed by atoms with E-state index in [9.17, 15) is 23.2 Å². The Kier molecular flexibility index (Phi) is 6.24. The highest BCUT2D eigenvalue weighted by Crippen LogP contribution is 2.38. The summed E-state index contributed by atoms with van der Waals surface area (Å²) in [6.45, 7) is 0. The van der Waals surface area contributed by atoms with Gasteiger partial charge in [0.05, 0.1) is 23.3 Å². The van der Waals surface area contributed by atoms with Crippen LogP contribution in [-0.2, 0) is 14.4 Å². The number of amides is 3. The molecule has 1 fully saturated rings. The van der Waals surface area contributed by atoms with Crippen molar-refractivity contribution in [3.8, 4) is 0 Å². The van der Waals surface area contributed by atoms with Gasteiger partial charge in [-0.15, -0.1) is 11.8 Å². The molecule has 4 rings (SSSR count). The first kappa shape index (κ1) is 21.7. The van der Waals surface area contributed by atoms with E-state index in [0.29, 0.717) is 23.4 Å². The van der Waals surface area contributed by atoms with Gasteiger partial charge in [-0.25, -0.2) is 8.78 Å². The SMILES string of the molecule is O=C(CSc1ccc(N2C(=O)C3CC=CCC3C2=O)cc1)Nc1c(F)cc(Br)cc1F. The molecule has 0 saturated carbocycles. The van der Waals surface area contributed by atoms with Gasteiger partial charge < -0.3 is 5.32 Å². The summed E-state index contributed by atoms with van der Waals surface area (Å²) in [6, 6.07) is 8.86. The second kappa shape index (κ2) is 8.92. The number of hydrogen-bond acceptors (Lipinski definition) is 4. The van der Waals surface area contributed by atoms with Crippen LogP contribution in [0.1, 0.15) is 12.8 Å². The van der Waals surface area contributed by atoms with Crippen LogP contribution >= 0.6 is 27.7 Å². The average Bonchev–Trinajstić information content (AvgIpc) is 3.00. The number of halogens is 3. The van der Waals surface area contributed by atoms with E-state index in [1.54, 1.807) is 24.3 Å². The molecule has 0 aromatic heterocycles. The van der Waals surface area contributed by atoms with Crippen molar-refractivity contribution in [3.05, 3.63) is 64.7 Å². The Bertz CT molecular complexity index is 1040. The Morgan fingerprint density at radius 3 is 2.13 bits per heavy atom. The summed E-state index contributed by atoms with van der Waals surface area (Å²) in [6.07, 6.45) is 5.03. The van der Waals surface area contributed by atoms with Crippen molar-refractivity contribution in [3.63, 3.8) is 0 Å². The molecule has 2 aromatic carbocycles. The van der Waals surface area contributed by atoms with E-state index in [1.807, 2.05) is 12.2 Å². The number of nitrogens with one attached hydrogen (secondary N) is 1. The zero-order valence-electron chi connectivity index (χ0n) is 16.1. The minimum Gasteiger partial charge on any atom is -0.320 e. The smallest absolute Gasteiger partial charge is 0.238 e. The number of hydrogen-bond donors (Lipinski definition) is 1. The van der Waals surface area contributed by atoms with E-state index in [0.717, 1.165) is 12.1 Å². The van der Waals surface area contributed by atoms with Crippen molar-refractivity contribution < 1.29 is 23.2 Å². The average molecular weight is 507 g/mol. The van der Waals surface area contributed by atoms with Gasteiger partial charge in [0.25, 0.3) is 0 Å². The minimum absolute atomic E-state index is 0.0638. The standard InChI is InChI=1S/C22H17BrF2N2O3S/c23-12-9-17(24)20(18(25)10-12)26-19(28)11-31-14-7-5-13(6-8-14)27-21(29)15-3-1-2-4-16(15)22(27)30/h1-2,5-10,15-16H,3-4,11H2,(H,26,28). The van der Waals surface area contributed by atoms with Crippen molar-refractivity contribution in [2.75, 3.05) is 16.0 Å². The lowest BCUT2D eigenvalue weighted by atomic mass is 9.85. The number of imide groups is 1. The fourth-order valence-corrected chi connectivity index (χ4v) is 4.83. The number of nitrogens with zero attached hydrogens (tertiary/aromatic N) is 1. The maximum Gasteiger partial charge on any atom is 0.238 e. The molecule has 31 heavy (non-hydrogen) atoms. The summed E-state index contributed by atoms with van der Waals surface area (Å²) in [5.74, 6) is -3.32. The third-order valence-corrected chi connectivity index (χ3v) is 6.71. The molecule has 3 amide bonds. The summed E-state index contributed by atoms with van der Waals surface area (Å²) in [7, 11) is 0. The lowest BCUT2D eigenvalue weighted by Crippen LogP contribution is -2.30. The largest absolute Gasteiger partial charge is 0.320 e. The lowest BCUT2D eigenvalue weighted by Gasteiger charge is -2.15. The second-order valence-electron chi connectivity index (χ2n) is 7.24. The highest BCUT2D eigenvalue weighted by molar-refractivity contribution is 9.10. The Morgan fingerprint density at radius 1 is 1.03 bits per heavy atom. The number of anilines is 2. The van der Waals surface area contributed by atoms with Crippen molar-refractivity contribution in [2.24, 2.45) is 11.8 Å². The molecule has 1 heterocycles. The number of fused-ring (bicyclic) bond motifs is 1. The first-order chi connectivity index (χ1) is 14.8. The fraction of sp³-hybridized carbons (Fsp3) is 0.227. The summed E-state index contributed by atoms with van der Waals surface area (Å²) in [4.78, 5) is 39.4. The van der Waals surface area contributed by atoms with Gasteiger partial charge in [-0.1, -0.05) is 28.1 Å². The van der Waals surface area contributed by atoms with Crippen LogP contribution in [0.2, 0.25) is 0 Å². The maximum absolute atomic E-state index is 13.8. The quantitative estimate of drug-likeness (QED) is 0.355. The van der Waals surface area contributed by atoms with Crippen molar-refractivity contribution in [1.29, 1.82) is 0 Å². The Labute approximate surface area is 190 Å². The van der Waals surface area contributed by atoms with Gasteiger partial charge in [0.2, 0.25) is 17.7 Å². The van der Waals surface area contributed by atoms with Gasteiger partial charge in [0.15, 0.2) is 11.6 Å². The molecule has 0 radical (unpaired) electrons. The fourth-order valence-electron chi connectivity index (χ4n) is 3.73. The summed E-state index contributed by atoms with van der Waals surface area (Å²) < 4.78 is 27.9. The van der Waals surface area contributed by atoms with E-state index in [1.165, 1.54) is 16.7 Å². The number of benzene rings is 2. The minimum atomic E-state index is -0.870. The normalized spacial score (nSPS) is 20.2. The van der Waals surface area contributed by atoms with E-state index in [-0.39, 0.29) is 33.9 Å². The Balaban J connectivity index is 1.38. The van der Waals surface area contributed by atoms with Crippen LogP contribution in [0.4, 0.5) is 20.2 Å². The summed E-state index contributed by atoms with van der Waals surface area (Å²) >= 11 is 4.16. The molecular weight excluding hydrogens is 490 g/mol. The number of carbonyl (C=O) groups is 3. The number of allylic oxidation sites excluding steroid dienone is 2. The van der Waals surface area contributed by atoms with Crippen LogP contribution < -0.4 is 10.2 Å². The Morgan fingerprint density at radius 2 is 1.58 bits per heavy atom. The number of rotatable bonds is 5. The monoisotopic (exact) mass is 506 g/mol. The van der Waals surface area contributed by atoms with Gasteiger partial charge in [-0.2, -0.15) is 0 Å². The van der Waals surface area contributed by atoms with Crippen LogP contribution in [0.3, 0.4) is 0 Å². The third-order valence-electron chi connectivity index (χ3n) is 5.24. The predicted molar refractivity (Wildman–Crippen MR) is 118 cm³/mol. The van der Waals surface area contributed by atoms with Crippen molar-refractivity contribution >= 4 is 56.8 Å². The van der Waals surface area contributed by atoms with Crippen LogP contribution in [0, 0.1) is 23.5 Å². The number of carbonyl (C=O) groups excluding carboxylic acids is 3. The van der Waals surface area contributed by atoms with Gasteiger partial charge in [0.1, 0.15) is 5.69 Å². The predicted octanol–water partition coefficient (Wildman–Crippen LogP) is 4.91. The highest BCUT2D eigenvalue weighted by atomic mass is 79.9. The lowest BCUT2D eigenvalue weighted by molar-refractivity contribution is -0.122. The molecule has 1 aliphatic heterocycles. The van der Waals surface area contributed by atoms with Crippen molar-refractivity contribution in [2.45, 2.75) is 17.7 Å². The summed E-state index contributed by atoms with van der Waals surface area (Å²) in [5.41, 5.74) is 0.00312. The molecule has 2 atom stereocenters. The highest BCUT2D eigenvalue weighted by Gasteiger charge is 2.47. The molecule has 1 N–H and O–H groups in total. The van der Waals surface area contributed by atoms with E-state index in [2.05, 4.69) is 21.2 Å². The van der Waals surface area contributed by atoms with E-state index in [4.69, 9.17) is 0 Å². The zero-order valence-corrected chi connectivity index (χ0v) is 18.5. The van der Waals surface area contributed by atoms with Crippen molar-refractivity contribution in [1.82, 2.24) is 0 Å². The van der Waals surface area contributed by atoms with Crippen LogP contribution in [0.25, 0.3) is 0 Å². The first-order valence-corrected chi connectivity index (χ1v) is 11.3. The van der Waals surface area contributed by atoms with Gasteiger partial charge in [0, 0.05) is 9.37 Å². The van der Waals surface area contributed by atoms with Crippen LogP contribution in [0.15, 0.2) is 57.9 Å². The van der Waals surface area contributed by atoms with Gasteiger partial charge in [-0.05, 0) is 49.2 Å². The molecule has 5 nitrogen and oxygen atoms in total. The first-order valence-electron chi connectivity index (χ1n) is 9.55. The zero-order chi connectivity index (χ0) is 22.1. The molecule has 160 valence electrons. The molecule has 2 aromatic rings. The molecule has 2 unspecified atom stereocenters.